The van der Waals surface area contributed by atoms with E-state index in [1.54, 1.807) is 6.07 Å². The van der Waals surface area contributed by atoms with Gasteiger partial charge in [0.05, 0.1) is 4.88 Å². The maximum atomic E-state index is 8.28. The third-order valence-electron chi connectivity index (χ3n) is 0.772. The fourth-order valence-electron chi connectivity index (χ4n) is 0.438. The molecule has 0 unspecified atom stereocenters. The summed E-state index contributed by atoms with van der Waals surface area (Å²) in [6.45, 7) is 3.66. The number of nitrogens with zero attached hydrogens (tertiary/aromatic N) is 1. The van der Waals surface area contributed by atoms with Crippen LogP contribution in [0.5, 0.6) is 0 Å². The van der Waals surface area contributed by atoms with Gasteiger partial charge in [-0.3, -0.25) is 0 Å². The third-order valence-corrected chi connectivity index (χ3v) is 1.62. The molecule has 1 heterocycles. The van der Waals surface area contributed by atoms with Gasteiger partial charge < -0.3 is 17.0 Å². The Morgan fingerprint density at radius 2 is 2.10 bits per heavy atom. The average molecular weight is 267 g/mol. The number of thiophene rings is 1. The van der Waals surface area contributed by atoms with Gasteiger partial charge in [-0.2, -0.15) is 22.7 Å². The van der Waals surface area contributed by atoms with Crippen molar-refractivity contribution in [2.75, 3.05) is 0 Å². The van der Waals surface area contributed by atoms with Gasteiger partial charge in [-0.15, -0.1) is 10.9 Å². The molecule has 0 aliphatic rings. The first-order valence-electron chi connectivity index (χ1n) is 2.15. The molecule has 0 aromatic carbocycles. The fraction of sp³-hybridized carbons (Fsp3) is 0. The van der Waals surface area contributed by atoms with Gasteiger partial charge in [0, 0.05) is 0 Å². The van der Waals surface area contributed by atoms with Crippen LogP contribution in [0.25, 0.3) is 0 Å². The van der Waals surface area contributed by atoms with Crippen LogP contribution < -0.4 is 17.0 Å². The van der Waals surface area contributed by atoms with Crippen LogP contribution in [0.4, 0.5) is 0 Å². The van der Waals surface area contributed by atoms with E-state index in [4.69, 9.17) is 5.26 Å². The molecule has 0 saturated carbocycles. The minimum absolute atomic E-state index is 0. The second kappa shape index (κ2) is 5.91. The topological polar surface area (TPSA) is 23.8 Å². The average Bonchev–Trinajstić information content (AvgIpc) is 2.14. The molecular weight excluding hydrogens is 263 g/mol. The van der Waals surface area contributed by atoms with Crippen molar-refractivity contribution in [3.8, 4) is 6.07 Å². The number of halogens is 1. The standard InChI is InChI=1S/C6H4NS.BrH.Zn/c1-5-2-3-6(4-7)8-5;;/h2-3H,1H2;1H;/q-1;;+2/p-1. The molecule has 0 amide bonds. The van der Waals surface area contributed by atoms with Gasteiger partial charge in [-0.05, 0) is 0 Å². The van der Waals surface area contributed by atoms with E-state index in [0.29, 0.717) is 0 Å². The van der Waals surface area contributed by atoms with Crippen LogP contribution in [0.1, 0.15) is 9.75 Å². The van der Waals surface area contributed by atoms with Crippen molar-refractivity contribution in [1.29, 1.82) is 5.26 Å². The minimum atomic E-state index is 0. The van der Waals surface area contributed by atoms with Crippen LogP contribution in [0, 0.1) is 18.3 Å². The zero-order valence-electron chi connectivity index (χ0n) is 5.30. The van der Waals surface area contributed by atoms with Gasteiger partial charge in [-0.25, -0.2) is 6.92 Å². The number of nitriles is 1. The molecule has 0 radical (unpaired) electrons. The predicted octanol–water partition coefficient (Wildman–Crippen LogP) is -1.20. The smallest absolute Gasteiger partial charge is 1.00 e. The molecule has 0 fully saturated rings. The van der Waals surface area contributed by atoms with Gasteiger partial charge in [0.15, 0.2) is 0 Å². The summed E-state index contributed by atoms with van der Waals surface area (Å²) in [7, 11) is 0. The predicted molar refractivity (Wildman–Crippen MR) is 33.5 cm³/mol. The quantitative estimate of drug-likeness (QED) is 0.428. The molecule has 48 valence electrons. The van der Waals surface area contributed by atoms with Crippen LogP contribution in [0.2, 0.25) is 0 Å². The van der Waals surface area contributed by atoms with E-state index >= 15 is 0 Å². The first kappa shape index (κ1) is 12.8. The molecule has 0 N–H and O–H groups in total. The van der Waals surface area contributed by atoms with Gasteiger partial charge in [0.1, 0.15) is 6.07 Å². The van der Waals surface area contributed by atoms with Crippen LogP contribution >= 0.6 is 11.3 Å². The van der Waals surface area contributed by atoms with E-state index < -0.39 is 0 Å². The molecule has 10 heavy (non-hydrogen) atoms. The summed E-state index contributed by atoms with van der Waals surface area (Å²) >= 11 is 1.42. The van der Waals surface area contributed by atoms with Gasteiger partial charge in [0.25, 0.3) is 0 Å². The summed E-state index contributed by atoms with van der Waals surface area (Å²) in [6.07, 6.45) is 0. The normalized spacial score (nSPS) is 6.70. The van der Waals surface area contributed by atoms with Crippen molar-refractivity contribution in [1.82, 2.24) is 0 Å². The molecule has 1 nitrogen and oxygen atoms in total. The van der Waals surface area contributed by atoms with Gasteiger partial charge in [-0.1, -0.05) is 0 Å². The zero-order valence-corrected chi connectivity index (χ0v) is 10.7. The summed E-state index contributed by atoms with van der Waals surface area (Å²) in [5.41, 5.74) is 0. The van der Waals surface area contributed by atoms with Crippen LogP contribution in [-0.4, -0.2) is 0 Å². The van der Waals surface area contributed by atoms with Crippen molar-refractivity contribution in [2.24, 2.45) is 0 Å². The first-order chi connectivity index (χ1) is 3.83. The summed E-state index contributed by atoms with van der Waals surface area (Å²) in [6, 6.07) is 5.63. The monoisotopic (exact) mass is 265 g/mol. The Hall–Kier alpha value is 0.163. The van der Waals surface area contributed by atoms with Crippen molar-refractivity contribution in [2.45, 2.75) is 0 Å². The molecule has 4 heteroatoms. The van der Waals surface area contributed by atoms with Crippen LogP contribution in [-0.2, 0) is 19.5 Å². The Labute approximate surface area is 87.6 Å². The third kappa shape index (κ3) is 3.36. The summed E-state index contributed by atoms with van der Waals surface area (Å²) in [4.78, 5) is 1.68. The first-order valence-corrected chi connectivity index (χ1v) is 2.96. The van der Waals surface area contributed by atoms with E-state index in [2.05, 4.69) is 6.92 Å². The molecule has 1 aromatic heterocycles. The molecule has 0 atom stereocenters. The molecule has 1 aromatic rings. The minimum Gasteiger partial charge on any atom is -1.00 e. The summed E-state index contributed by atoms with van der Waals surface area (Å²) in [5.74, 6) is 0. The zero-order chi connectivity index (χ0) is 5.98. The number of hydrogen-bond acceptors (Lipinski definition) is 2. The fourth-order valence-corrected chi connectivity index (χ4v) is 1.04. The Bertz CT molecular complexity index is 228. The second-order valence-electron chi connectivity index (χ2n) is 1.38. The SMILES string of the molecule is [Br-].[CH2-]c1ccc(C#N)s1.[Zn+2]. The van der Waals surface area contributed by atoms with E-state index in [1.165, 1.54) is 11.3 Å². The molecule has 0 spiro atoms. The van der Waals surface area contributed by atoms with E-state index in [-0.39, 0.29) is 36.5 Å². The van der Waals surface area contributed by atoms with Crippen LogP contribution in [0.15, 0.2) is 12.1 Å². The van der Waals surface area contributed by atoms with Crippen molar-refractivity contribution >= 4 is 11.3 Å². The van der Waals surface area contributed by atoms with Crippen molar-refractivity contribution in [3.05, 3.63) is 28.8 Å². The maximum Gasteiger partial charge on any atom is 2.00 e. The Morgan fingerprint density at radius 1 is 1.50 bits per heavy atom. The molecule has 0 bridgehead atoms. The number of hydrogen-bond donors (Lipinski definition) is 0. The van der Waals surface area contributed by atoms with E-state index in [1.807, 2.05) is 12.1 Å². The number of rotatable bonds is 0. The molecule has 0 aliphatic carbocycles. The molecule has 0 aliphatic heterocycles. The Kier molecular flexibility index (Phi) is 7.57. The molecular formula is C6H4BrNSZn. The van der Waals surface area contributed by atoms with Gasteiger partial charge in [0.2, 0.25) is 0 Å². The second-order valence-corrected chi connectivity index (χ2v) is 2.55. The summed E-state index contributed by atoms with van der Waals surface area (Å²) < 4.78 is 0. The van der Waals surface area contributed by atoms with Gasteiger partial charge >= 0.3 is 19.5 Å². The molecule has 0 saturated heterocycles. The van der Waals surface area contributed by atoms with E-state index in [9.17, 15) is 0 Å². The van der Waals surface area contributed by atoms with E-state index in [0.717, 1.165) is 9.75 Å². The Morgan fingerprint density at radius 3 is 2.30 bits per heavy atom. The van der Waals surface area contributed by atoms with Crippen molar-refractivity contribution < 1.29 is 36.5 Å². The Balaban J connectivity index is 0. The molecule has 1 rings (SSSR count). The largest absolute Gasteiger partial charge is 2.00 e. The maximum absolute atomic E-state index is 8.28. The van der Waals surface area contributed by atoms with Crippen molar-refractivity contribution in [3.63, 3.8) is 0 Å². The van der Waals surface area contributed by atoms with Crippen LogP contribution in [0.3, 0.4) is 0 Å². The summed E-state index contributed by atoms with van der Waals surface area (Å²) in [5, 5.41) is 8.28.